The number of hydrogen-bond acceptors (Lipinski definition) is 7. The van der Waals surface area contributed by atoms with Gasteiger partial charge >= 0.3 is 0 Å². The lowest BCUT2D eigenvalue weighted by atomic mass is 10.1. The summed E-state index contributed by atoms with van der Waals surface area (Å²) in [6, 6.07) is 24.5. The average Bonchev–Trinajstić information content (AvgIpc) is 3.67. The Kier molecular flexibility index (Phi) is 10.4. The fourth-order valence-electron chi connectivity index (χ4n) is 4.88. The van der Waals surface area contributed by atoms with E-state index in [4.69, 9.17) is 19.2 Å². The predicted octanol–water partition coefficient (Wildman–Crippen LogP) is 8.20. The van der Waals surface area contributed by atoms with Gasteiger partial charge in [-0.25, -0.2) is 4.98 Å². The third kappa shape index (κ3) is 8.65. The highest BCUT2D eigenvalue weighted by molar-refractivity contribution is 7.09. The summed E-state index contributed by atoms with van der Waals surface area (Å²) in [5.74, 6) is 2.56. The number of carbonyl (C=O) groups excluding carboxylic acids is 1. The zero-order chi connectivity index (χ0) is 28.3. The minimum Gasteiger partial charge on any atom is -0.489 e. The van der Waals surface area contributed by atoms with E-state index in [0.29, 0.717) is 31.8 Å². The quantitative estimate of drug-likeness (QED) is 0.1000. The monoisotopic (exact) mass is 570 g/mol. The summed E-state index contributed by atoms with van der Waals surface area (Å²) in [5.41, 5.74) is 4.06. The van der Waals surface area contributed by atoms with Gasteiger partial charge in [0.05, 0.1) is 6.54 Å². The van der Waals surface area contributed by atoms with Crippen molar-refractivity contribution < 1.29 is 19.0 Å². The lowest BCUT2D eigenvalue weighted by Gasteiger charge is -2.22. The molecule has 0 saturated heterocycles. The standard InChI is InChI=1S/C34H38N2O4S/c1-2-3-4-5-9-12-31(37)30-24-41-34(35-30)22-36(21-28-15-18-32-33(19-28)40-25-39-32)20-26-13-16-29(17-14-26)38-23-27-10-7-6-8-11-27/h6-8,10-11,13-19,24H,2-5,9,12,20-23,25H2,1H3. The Morgan fingerprint density at radius 2 is 1.61 bits per heavy atom. The Hall–Kier alpha value is -3.68. The van der Waals surface area contributed by atoms with Crippen LogP contribution in [0.1, 0.15) is 77.6 Å². The number of rotatable bonds is 16. The molecule has 1 aliphatic heterocycles. The Bertz CT molecular complexity index is 1390. The van der Waals surface area contributed by atoms with E-state index in [1.165, 1.54) is 24.8 Å². The maximum absolute atomic E-state index is 12.7. The van der Waals surface area contributed by atoms with Crippen LogP contribution < -0.4 is 14.2 Å². The molecule has 41 heavy (non-hydrogen) atoms. The van der Waals surface area contributed by atoms with Gasteiger partial charge < -0.3 is 14.2 Å². The third-order valence-electron chi connectivity index (χ3n) is 7.12. The lowest BCUT2D eigenvalue weighted by molar-refractivity contribution is 0.0974. The lowest BCUT2D eigenvalue weighted by Crippen LogP contribution is -2.22. The van der Waals surface area contributed by atoms with Crippen molar-refractivity contribution in [3.05, 3.63) is 106 Å². The minimum absolute atomic E-state index is 0.150. The summed E-state index contributed by atoms with van der Waals surface area (Å²) in [5, 5.41) is 2.87. The molecule has 0 atom stereocenters. The molecule has 0 unspecified atom stereocenters. The van der Waals surface area contributed by atoms with Crippen LogP contribution in [-0.2, 0) is 26.2 Å². The van der Waals surface area contributed by atoms with Gasteiger partial charge in [-0.2, -0.15) is 0 Å². The minimum atomic E-state index is 0.150. The fraction of sp³-hybridized carbons (Fsp3) is 0.353. The maximum Gasteiger partial charge on any atom is 0.231 e. The molecule has 1 aromatic heterocycles. The third-order valence-corrected chi connectivity index (χ3v) is 7.96. The molecule has 4 aromatic rings. The Morgan fingerprint density at radius 1 is 0.854 bits per heavy atom. The van der Waals surface area contributed by atoms with Gasteiger partial charge in [0.2, 0.25) is 6.79 Å². The number of carbonyl (C=O) groups is 1. The van der Waals surface area contributed by atoms with Crippen molar-refractivity contribution in [2.24, 2.45) is 0 Å². The van der Waals surface area contributed by atoms with Crippen LogP contribution in [0.4, 0.5) is 0 Å². The molecular formula is C34H38N2O4S. The highest BCUT2D eigenvalue weighted by Gasteiger charge is 2.17. The van der Waals surface area contributed by atoms with Crippen molar-refractivity contribution in [1.82, 2.24) is 9.88 Å². The highest BCUT2D eigenvalue weighted by Crippen LogP contribution is 2.33. The molecule has 7 heteroatoms. The molecule has 0 spiro atoms. The van der Waals surface area contributed by atoms with E-state index >= 15 is 0 Å². The average molecular weight is 571 g/mol. The van der Waals surface area contributed by atoms with Crippen LogP contribution >= 0.6 is 11.3 Å². The summed E-state index contributed by atoms with van der Waals surface area (Å²) < 4.78 is 17.1. The van der Waals surface area contributed by atoms with Crippen LogP contribution in [0.25, 0.3) is 0 Å². The van der Waals surface area contributed by atoms with Crippen molar-refractivity contribution in [1.29, 1.82) is 0 Å². The molecule has 2 heterocycles. The normalized spacial score (nSPS) is 12.1. The molecule has 6 nitrogen and oxygen atoms in total. The highest BCUT2D eigenvalue weighted by atomic mass is 32.1. The van der Waals surface area contributed by atoms with Crippen LogP contribution in [0.15, 0.2) is 78.2 Å². The molecule has 0 fully saturated rings. The topological polar surface area (TPSA) is 60.9 Å². The van der Waals surface area contributed by atoms with Crippen LogP contribution in [0.3, 0.4) is 0 Å². The molecule has 0 bridgehead atoms. The van der Waals surface area contributed by atoms with E-state index in [2.05, 4.69) is 42.2 Å². The van der Waals surface area contributed by atoms with Crippen LogP contribution in [0, 0.1) is 0 Å². The van der Waals surface area contributed by atoms with Gasteiger partial charge in [-0.05, 0) is 47.4 Å². The Labute approximate surface area is 246 Å². The number of Topliss-reactive ketones (excluding diaryl/α,β-unsaturated/α-hetero) is 1. The molecule has 0 aliphatic carbocycles. The number of fused-ring (bicyclic) bond motifs is 1. The summed E-state index contributed by atoms with van der Waals surface area (Å²) in [6.45, 7) is 5.09. The molecule has 0 amide bonds. The summed E-state index contributed by atoms with van der Waals surface area (Å²) >= 11 is 1.56. The molecular weight excluding hydrogens is 532 g/mol. The van der Waals surface area contributed by atoms with E-state index in [1.54, 1.807) is 11.3 Å². The smallest absolute Gasteiger partial charge is 0.231 e. The van der Waals surface area contributed by atoms with E-state index in [9.17, 15) is 4.79 Å². The van der Waals surface area contributed by atoms with Crippen molar-refractivity contribution in [3.8, 4) is 17.2 Å². The molecule has 0 radical (unpaired) electrons. The first-order chi connectivity index (χ1) is 20.2. The maximum atomic E-state index is 12.7. The van der Waals surface area contributed by atoms with Gasteiger partial charge in [0.15, 0.2) is 17.3 Å². The number of thiazole rings is 1. The van der Waals surface area contributed by atoms with Crippen LogP contribution in [-0.4, -0.2) is 22.5 Å². The van der Waals surface area contributed by atoms with Gasteiger partial charge in [0, 0.05) is 24.9 Å². The second kappa shape index (κ2) is 14.8. The van der Waals surface area contributed by atoms with Crippen molar-refractivity contribution in [2.45, 2.75) is 71.7 Å². The molecule has 214 valence electrons. The summed E-state index contributed by atoms with van der Waals surface area (Å²) in [6.07, 6.45) is 6.26. The first kappa shape index (κ1) is 28.8. The Morgan fingerprint density at radius 3 is 2.44 bits per heavy atom. The fourth-order valence-corrected chi connectivity index (χ4v) is 5.72. The Balaban J connectivity index is 1.23. The predicted molar refractivity (Wildman–Crippen MR) is 163 cm³/mol. The first-order valence-corrected chi connectivity index (χ1v) is 15.4. The zero-order valence-corrected chi connectivity index (χ0v) is 24.5. The van der Waals surface area contributed by atoms with Gasteiger partial charge in [-0.1, -0.05) is 81.1 Å². The summed E-state index contributed by atoms with van der Waals surface area (Å²) in [7, 11) is 0. The van der Waals surface area contributed by atoms with Crippen molar-refractivity contribution in [3.63, 3.8) is 0 Å². The zero-order valence-electron chi connectivity index (χ0n) is 23.7. The van der Waals surface area contributed by atoms with Crippen molar-refractivity contribution >= 4 is 17.1 Å². The number of ketones is 1. The van der Waals surface area contributed by atoms with Gasteiger partial charge in [-0.3, -0.25) is 9.69 Å². The van der Waals surface area contributed by atoms with Crippen molar-refractivity contribution in [2.75, 3.05) is 6.79 Å². The molecule has 5 rings (SSSR count). The van der Waals surface area contributed by atoms with E-state index in [0.717, 1.165) is 52.8 Å². The second-order valence-corrected chi connectivity index (χ2v) is 11.4. The van der Waals surface area contributed by atoms with Crippen LogP contribution in [0.2, 0.25) is 0 Å². The largest absolute Gasteiger partial charge is 0.489 e. The molecule has 3 aromatic carbocycles. The molecule has 1 aliphatic rings. The van der Waals surface area contributed by atoms with E-state index in [-0.39, 0.29) is 12.6 Å². The van der Waals surface area contributed by atoms with Gasteiger partial charge in [-0.15, -0.1) is 11.3 Å². The van der Waals surface area contributed by atoms with E-state index in [1.807, 2.05) is 47.8 Å². The summed E-state index contributed by atoms with van der Waals surface area (Å²) in [4.78, 5) is 19.8. The number of ether oxygens (including phenoxy) is 3. The molecule has 0 N–H and O–H groups in total. The van der Waals surface area contributed by atoms with E-state index < -0.39 is 0 Å². The second-order valence-electron chi connectivity index (χ2n) is 10.5. The number of unbranched alkanes of at least 4 members (excludes halogenated alkanes) is 4. The first-order valence-electron chi connectivity index (χ1n) is 14.5. The van der Waals surface area contributed by atoms with Crippen LogP contribution in [0.5, 0.6) is 17.2 Å². The van der Waals surface area contributed by atoms with Gasteiger partial charge in [0.25, 0.3) is 0 Å². The van der Waals surface area contributed by atoms with Gasteiger partial charge in [0.1, 0.15) is 23.1 Å². The SMILES string of the molecule is CCCCCCCC(=O)c1csc(CN(Cc2ccc(OCc3ccccc3)cc2)Cc2ccc3c(c2)OCO3)n1. The number of nitrogens with zero attached hydrogens (tertiary/aromatic N) is 2. The number of benzene rings is 3. The number of aromatic nitrogens is 1. The number of hydrogen-bond donors (Lipinski definition) is 0. The molecule has 0 saturated carbocycles.